The van der Waals surface area contributed by atoms with E-state index in [0.29, 0.717) is 23.2 Å². The summed E-state index contributed by atoms with van der Waals surface area (Å²) >= 11 is 5.82. The van der Waals surface area contributed by atoms with Gasteiger partial charge < -0.3 is 5.32 Å². The molecule has 0 saturated carbocycles. The van der Waals surface area contributed by atoms with Crippen molar-refractivity contribution in [1.82, 2.24) is 10.2 Å². The fraction of sp³-hybridized carbons (Fsp3) is 0.562. The van der Waals surface area contributed by atoms with E-state index in [4.69, 9.17) is 11.6 Å². The molecule has 20 heavy (non-hydrogen) atoms. The zero-order valence-electron chi connectivity index (χ0n) is 12.1. The summed E-state index contributed by atoms with van der Waals surface area (Å²) in [6.45, 7) is 5.06. The summed E-state index contributed by atoms with van der Waals surface area (Å²) in [5.41, 5.74) is 0.667. The van der Waals surface area contributed by atoms with Gasteiger partial charge in [0.2, 0.25) is 0 Å². The van der Waals surface area contributed by atoms with E-state index in [0.717, 1.165) is 13.1 Å². The molecule has 1 heterocycles. The SMILES string of the molecule is CCC1CCCCN1CCNC(=O)c1ccc(Cl)cc1. The molecule has 0 radical (unpaired) electrons. The van der Waals surface area contributed by atoms with Crippen molar-refractivity contribution in [2.45, 2.75) is 38.6 Å². The van der Waals surface area contributed by atoms with Crippen LogP contribution in [0.1, 0.15) is 43.0 Å². The van der Waals surface area contributed by atoms with E-state index in [-0.39, 0.29) is 5.91 Å². The van der Waals surface area contributed by atoms with Crippen LogP contribution in [-0.4, -0.2) is 36.5 Å². The lowest BCUT2D eigenvalue weighted by atomic mass is 10.0. The Morgan fingerprint density at radius 1 is 1.35 bits per heavy atom. The van der Waals surface area contributed by atoms with Gasteiger partial charge in [-0.25, -0.2) is 0 Å². The molecule has 110 valence electrons. The van der Waals surface area contributed by atoms with Gasteiger partial charge in [-0.3, -0.25) is 9.69 Å². The molecule has 0 spiro atoms. The van der Waals surface area contributed by atoms with Crippen LogP contribution in [0.25, 0.3) is 0 Å². The lowest BCUT2D eigenvalue weighted by molar-refractivity contribution is 0.0934. The van der Waals surface area contributed by atoms with E-state index in [2.05, 4.69) is 17.1 Å². The summed E-state index contributed by atoms with van der Waals surface area (Å²) < 4.78 is 0. The van der Waals surface area contributed by atoms with Crippen LogP contribution in [-0.2, 0) is 0 Å². The number of benzene rings is 1. The molecule has 4 heteroatoms. The van der Waals surface area contributed by atoms with Crippen molar-refractivity contribution in [3.05, 3.63) is 34.9 Å². The topological polar surface area (TPSA) is 32.3 Å². The lowest BCUT2D eigenvalue weighted by Gasteiger charge is -2.35. The Labute approximate surface area is 126 Å². The number of nitrogens with one attached hydrogen (secondary N) is 1. The van der Waals surface area contributed by atoms with E-state index >= 15 is 0 Å². The molecule has 2 rings (SSSR count). The highest BCUT2D eigenvalue weighted by Gasteiger charge is 2.20. The highest BCUT2D eigenvalue weighted by atomic mass is 35.5. The Bertz CT molecular complexity index is 433. The Morgan fingerprint density at radius 3 is 2.80 bits per heavy atom. The van der Waals surface area contributed by atoms with Crippen molar-refractivity contribution in [1.29, 1.82) is 0 Å². The Hall–Kier alpha value is -1.06. The molecule has 1 aliphatic rings. The van der Waals surface area contributed by atoms with Gasteiger partial charge in [0.05, 0.1) is 0 Å². The van der Waals surface area contributed by atoms with Crippen molar-refractivity contribution < 1.29 is 4.79 Å². The van der Waals surface area contributed by atoms with Crippen molar-refractivity contribution in [2.24, 2.45) is 0 Å². The van der Waals surface area contributed by atoms with Crippen LogP contribution in [0.4, 0.5) is 0 Å². The summed E-state index contributed by atoms with van der Waals surface area (Å²) in [5.74, 6) is -0.0216. The number of carbonyl (C=O) groups excluding carboxylic acids is 1. The standard InChI is InChI=1S/C16H23ClN2O/c1-2-15-5-3-4-11-19(15)12-10-18-16(20)13-6-8-14(17)9-7-13/h6-9,15H,2-5,10-12H2,1H3,(H,18,20). The van der Waals surface area contributed by atoms with Crippen LogP contribution in [0.2, 0.25) is 5.02 Å². The van der Waals surface area contributed by atoms with Gasteiger partial charge in [-0.1, -0.05) is 24.9 Å². The fourth-order valence-corrected chi connectivity index (χ4v) is 2.96. The maximum absolute atomic E-state index is 12.0. The number of piperidine rings is 1. The number of hydrogen-bond donors (Lipinski definition) is 1. The highest BCUT2D eigenvalue weighted by Crippen LogP contribution is 2.18. The summed E-state index contributed by atoms with van der Waals surface area (Å²) in [6, 6.07) is 7.69. The van der Waals surface area contributed by atoms with Gasteiger partial charge in [-0.2, -0.15) is 0 Å². The van der Waals surface area contributed by atoms with E-state index < -0.39 is 0 Å². The summed E-state index contributed by atoms with van der Waals surface area (Å²) in [4.78, 5) is 14.5. The molecule has 1 saturated heterocycles. The second-order valence-corrected chi connectivity index (χ2v) is 5.79. The number of rotatable bonds is 5. The first kappa shape index (κ1) is 15.3. The van der Waals surface area contributed by atoms with Crippen molar-refractivity contribution in [3.63, 3.8) is 0 Å². The molecule has 1 atom stereocenters. The van der Waals surface area contributed by atoms with Crippen LogP contribution in [0.15, 0.2) is 24.3 Å². The molecular weight excluding hydrogens is 272 g/mol. The molecule has 1 aliphatic heterocycles. The second-order valence-electron chi connectivity index (χ2n) is 5.36. The molecule has 1 unspecified atom stereocenters. The number of amides is 1. The van der Waals surface area contributed by atoms with Gasteiger partial charge in [0.15, 0.2) is 0 Å². The third-order valence-corrected chi connectivity index (χ3v) is 4.26. The normalized spacial score (nSPS) is 19.8. The smallest absolute Gasteiger partial charge is 0.251 e. The predicted molar refractivity (Wildman–Crippen MR) is 83.3 cm³/mol. The minimum Gasteiger partial charge on any atom is -0.351 e. The van der Waals surface area contributed by atoms with E-state index in [1.165, 1.54) is 25.7 Å². The van der Waals surface area contributed by atoms with Gasteiger partial charge in [0.25, 0.3) is 5.91 Å². The minimum absolute atomic E-state index is 0.0216. The average Bonchev–Trinajstić information content (AvgIpc) is 2.48. The molecule has 0 aliphatic carbocycles. The van der Waals surface area contributed by atoms with Crippen molar-refractivity contribution in [3.8, 4) is 0 Å². The Morgan fingerprint density at radius 2 is 2.10 bits per heavy atom. The first-order valence-corrected chi connectivity index (χ1v) is 7.86. The number of likely N-dealkylation sites (tertiary alicyclic amines) is 1. The summed E-state index contributed by atoms with van der Waals surface area (Å²) in [6.07, 6.45) is 5.11. The predicted octanol–water partition coefficient (Wildman–Crippen LogP) is 3.33. The monoisotopic (exact) mass is 294 g/mol. The van der Waals surface area contributed by atoms with Gasteiger partial charge in [0, 0.05) is 29.7 Å². The molecule has 1 aromatic rings. The first-order valence-electron chi connectivity index (χ1n) is 7.48. The Kier molecular flexibility index (Phi) is 5.86. The third kappa shape index (κ3) is 4.22. The maximum Gasteiger partial charge on any atom is 0.251 e. The number of nitrogens with zero attached hydrogens (tertiary/aromatic N) is 1. The van der Waals surface area contributed by atoms with Gasteiger partial charge >= 0.3 is 0 Å². The Balaban J connectivity index is 1.77. The zero-order chi connectivity index (χ0) is 14.4. The number of carbonyl (C=O) groups is 1. The molecule has 1 N–H and O–H groups in total. The maximum atomic E-state index is 12.0. The molecule has 0 bridgehead atoms. The largest absolute Gasteiger partial charge is 0.351 e. The first-order chi connectivity index (χ1) is 9.70. The van der Waals surface area contributed by atoms with E-state index in [1.807, 2.05) is 0 Å². The molecule has 1 aromatic carbocycles. The zero-order valence-corrected chi connectivity index (χ0v) is 12.8. The third-order valence-electron chi connectivity index (χ3n) is 4.01. The van der Waals surface area contributed by atoms with Gasteiger partial charge in [-0.05, 0) is 50.1 Å². The highest BCUT2D eigenvalue weighted by molar-refractivity contribution is 6.30. The fourth-order valence-electron chi connectivity index (χ4n) is 2.83. The quantitative estimate of drug-likeness (QED) is 0.903. The van der Waals surface area contributed by atoms with Crippen molar-refractivity contribution >= 4 is 17.5 Å². The van der Waals surface area contributed by atoms with Crippen LogP contribution < -0.4 is 5.32 Å². The molecular formula is C16H23ClN2O. The summed E-state index contributed by atoms with van der Waals surface area (Å²) in [5, 5.41) is 3.64. The van der Waals surface area contributed by atoms with E-state index in [9.17, 15) is 4.79 Å². The lowest BCUT2D eigenvalue weighted by Crippen LogP contribution is -2.43. The van der Waals surface area contributed by atoms with Crippen molar-refractivity contribution in [2.75, 3.05) is 19.6 Å². The second kappa shape index (κ2) is 7.65. The van der Waals surface area contributed by atoms with Crippen LogP contribution in [0, 0.1) is 0 Å². The van der Waals surface area contributed by atoms with E-state index in [1.54, 1.807) is 24.3 Å². The number of hydrogen-bond acceptors (Lipinski definition) is 2. The minimum atomic E-state index is -0.0216. The van der Waals surface area contributed by atoms with Gasteiger partial charge in [0.1, 0.15) is 0 Å². The molecule has 0 aromatic heterocycles. The van der Waals surface area contributed by atoms with Gasteiger partial charge in [-0.15, -0.1) is 0 Å². The molecule has 1 amide bonds. The van der Waals surface area contributed by atoms with Crippen LogP contribution >= 0.6 is 11.6 Å². The summed E-state index contributed by atoms with van der Waals surface area (Å²) in [7, 11) is 0. The molecule has 3 nitrogen and oxygen atoms in total. The van der Waals surface area contributed by atoms with Crippen LogP contribution in [0.5, 0.6) is 0 Å². The van der Waals surface area contributed by atoms with Crippen LogP contribution in [0.3, 0.4) is 0 Å². The molecule has 1 fully saturated rings. The average molecular weight is 295 g/mol. The number of halogens is 1.